The molecule has 0 amide bonds. The highest BCUT2D eigenvalue weighted by molar-refractivity contribution is 7.86. The standard InChI is InChI=1S/C15H31N3O2S/c1-4-16-14(3)15-7-10-17(11-8-15)21(19,20)18-9-5-6-13(2)12-18/h13-16H,4-12H2,1-3H3. The van der Waals surface area contributed by atoms with Crippen LogP contribution >= 0.6 is 0 Å². The lowest BCUT2D eigenvalue weighted by Gasteiger charge is -2.38. The molecule has 21 heavy (non-hydrogen) atoms. The van der Waals surface area contributed by atoms with Gasteiger partial charge >= 0.3 is 0 Å². The predicted octanol–water partition coefficient (Wildman–Crippen LogP) is 1.67. The first-order valence-corrected chi connectivity index (χ1v) is 9.83. The lowest BCUT2D eigenvalue weighted by Crippen LogP contribution is -2.51. The Bertz CT molecular complexity index is 419. The largest absolute Gasteiger partial charge is 0.314 e. The van der Waals surface area contributed by atoms with Crippen molar-refractivity contribution in [1.29, 1.82) is 0 Å². The molecule has 2 unspecified atom stereocenters. The maximum absolute atomic E-state index is 12.7. The van der Waals surface area contributed by atoms with E-state index in [9.17, 15) is 8.42 Å². The minimum Gasteiger partial charge on any atom is -0.314 e. The molecule has 124 valence electrons. The van der Waals surface area contributed by atoms with E-state index in [2.05, 4.69) is 26.1 Å². The van der Waals surface area contributed by atoms with E-state index in [1.807, 2.05) is 0 Å². The first-order chi connectivity index (χ1) is 9.95. The van der Waals surface area contributed by atoms with Crippen LogP contribution in [-0.2, 0) is 10.2 Å². The fourth-order valence-corrected chi connectivity index (χ4v) is 5.42. The molecular weight excluding hydrogens is 286 g/mol. The Balaban J connectivity index is 1.91. The van der Waals surface area contributed by atoms with E-state index in [1.165, 1.54) is 0 Å². The van der Waals surface area contributed by atoms with Gasteiger partial charge in [-0.15, -0.1) is 0 Å². The second-order valence-corrected chi connectivity index (χ2v) is 8.62. The van der Waals surface area contributed by atoms with Gasteiger partial charge in [0.2, 0.25) is 0 Å². The molecule has 0 aromatic carbocycles. The summed E-state index contributed by atoms with van der Waals surface area (Å²) < 4.78 is 28.9. The van der Waals surface area contributed by atoms with Gasteiger partial charge in [0.1, 0.15) is 0 Å². The molecule has 2 heterocycles. The molecule has 0 saturated carbocycles. The summed E-state index contributed by atoms with van der Waals surface area (Å²) in [6, 6.07) is 0.481. The molecular formula is C15H31N3O2S. The van der Waals surface area contributed by atoms with E-state index in [0.29, 0.717) is 44.1 Å². The third kappa shape index (κ3) is 4.18. The van der Waals surface area contributed by atoms with E-state index < -0.39 is 10.2 Å². The van der Waals surface area contributed by atoms with Crippen LogP contribution in [0.25, 0.3) is 0 Å². The van der Waals surface area contributed by atoms with Crippen molar-refractivity contribution >= 4 is 10.2 Å². The van der Waals surface area contributed by atoms with Crippen molar-refractivity contribution in [3.63, 3.8) is 0 Å². The Morgan fingerprint density at radius 3 is 2.38 bits per heavy atom. The maximum Gasteiger partial charge on any atom is 0.281 e. The van der Waals surface area contributed by atoms with Crippen molar-refractivity contribution in [3.05, 3.63) is 0 Å². The molecule has 0 aromatic heterocycles. The fraction of sp³-hybridized carbons (Fsp3) is 1.00. The van der Waals surface area contributed by atoms with Crippen LogP contribution < -0.4 is 5.32 Å². The molecule has 2 aliphatic rings. The van der Waals surface area contributed by atoms with E-state index in [4.69, 9.17) is 0 Å². The monoisotopic (exact) mass is 317 g/mol. The third-order valence-corrected chi connectivity index (χ3v) is 7.01. The van der Waals surface area contributed by atoms with Crippen LogP contribution in [0, 0.1) is 11.8 Å². The van der Waals surface area contributed by atoms with Crippen molar-refractivity contribution in [2.75, 3.05) is 32.7 Å². The normalized spacial score (nSPS) is 28.6. The number of nitrogens with zero attached hydrogens (tertiary/aromatic N) is 2. The minimum atomic E-state index is -3.23. The molecule has 2 rings (SSSR count). The highest BCUT2D eigenvalue weighted by Gasteiger charge is 2.35. The van der Waals surface area contributed by atoms with Crippen LogP contribution in [0.15, 0.2) is 0 Å². The van der Waals surface area contributed by atoms with Crippen molar-refractivity contribution in [1.82, 2.24) is 13.9 Å². The van der Waals surface area contributed by atoms with Crippen LogP contribution in [0.1, 0.15) is 46.5 Å². The molecule has 0 spiro atoms. The molecule has 2 aliphatic heterocycles. The zero-order valence-corrected chi connectivity index (χ0v) is 14.5. The third-order valence-electron chi connectivity index (χ3n) is 5.00. The van der Waals surface area contributed by atoms with Gasteiger partial charge in [0.05, 0.1) is 0 Å². The number of piperidine rings is 2. The highest BCUT2D eigenvalue weighted by Crippen LogP contribution is 2.26. The summed E-state index contributed by atoms with van der Waals surface area (Å²) in [7, 11) is -3.23. The molecule has 5 nitrogen and oxygen atoms in total. The van der Waals surface area contributed by atoms with Crippen LogP contribution in [0.4, 0.5) is 0 Å². The maximum atomic E-state index is 12.7. The lowest BCUT2D eigenvalue weighted by molar-refractivity contribution is 0.208. The summed E-state index contributed by atoms with van der Waals surface area (Å²) in [4.78, 5) is 0. The van der Waals surface area contributed by atoms with Crippen molar-refractivity contribution < 1.29 is 8.42 Å². The molecule has 2 fully saturated rings. The SMILES string of the molecule is CCNC(C)C1CCN(S(=O)(=O)N2CCCC(C)C2)CC1. The molecule has 0 aromatic rings. The van der Waals surface area contributed by atoms with E-state index in [-0.39, 0.29) is 0 Å². The Morgan fingerprint density at radius 1 is 1.14 bits per heavy atom. The van der Waals surface area contributed by atoms with Gasteiger partial charge in [0.25, 0.3) is 10.2 Å². The Labute approximate surface area is 130 Å². The molecule has 2 saturated heterocycles. The molecule has 0 radical (unpaired) electrons. The summed E-state index contributed by atoms with van der Waals surface area (Å²) >= 11 is 0. The molecule has 2 atom stereocenters. The van der Waals surface area contributed by atoms with E-state index >= 15 is 0 Å². The predicted molar refractivity (Wildman–Crippen MR) is 86.3 cm³/mol. The average Bonchev–Trinajstić information content (AvgIpc) is 2.47. The number of hydrogen-bond acceptors (Lipinski definition) is 3. The van der Waals surface area contributed by atoms with Gasteiger partial charge in [-0.2, -0.15) is 17.0 Å². The van der Waals surface area contributed by atoms with Crippen LogP contribution in [0.5, 0.6) is 0 Å². The smallest absolute Gasteiger partial charge is 0.281 e. The van der Waals surface area contributed by atoms with E-state index in [1.54, 1.807) is 8.61 Å². The summed E-state index contributed by atoms with van der Waals surface area (Å²) in [6.07, 6.45) is 4.08. The van der Waals surface area contributed by atoms with Gasteiger partial charge in [0.15, 0.2) is 0 Å². The summed E-state index contributed by atoms with van der Waals surface area (Å²) in [5, 5.41) is 3.46. The minimum absolute atomic E-state index is 0.481. The topological polar surface area (TPSA) is 52.7 Å². The van der Waals surface area contributed by atoms with Crippen molar-refractivity contribution in [3.8, 4) is 0 Å². The highest BCUT2D eigenvalue weighted by atomic mass is 32.2. The molecule has 0 bridgehead atoms. The molecule has 1 N–H and O–H groups in total. The lowest BCUT2D eigenvalue weighted by atomic mass is 9.91. The zero-order valence-electron chi connectivity index (χ0n) is 13.7. The van der Waals surface area contributed by atoms with Gasteiger partial charge in [-0.3, -0.25) is 0 Å². The molecule has 0 aliphatic carbocycles. The quantitative estimate of drug-likeness (QED) is 0.839. The van der Waals surface area contributed by atoms with Crippen molar-refractivity contribution in [2.24, 2.45) is 11.8 Å². The zero-order chi connectivity index (χ0) is 15.5. The van der Waals surface area contributed by atoms with Crippen LogP contribution in [0.2, 0.25) is 0 Å². The summed E-state index contributed by atoms with van der Waals surface area (Å²) in [6.45, 7) is 10.2. The second kappa shape index (κ2) is 7.40. The Morgan fingerprint density at radius 2 is 1.81 bits per heavy atom. The van der Waals surface area contributed by atoms with Gasteiger partial charge in [-0.05, 0) is 51.0 Å². The van der Waals surface area contributed by atoms with Crippen LogP contribution in [0.3, 0.4) is 0 Å². The van der Waals surface area contributed by atoms with Gasteiger partial charge in [0, 0.05) is 32.2 Å². The average molecular weight is 317 g/mol. The first-order valence-electron chi connectivity index (χ1n) is 8.43. The fourth-order valence-electron chi connectivity index (χ4n) is 3.61. The van der Waals surface area contributed by atoms with Gasteiger partial charge in [-0.1, -0.05) is 13.8 Å². The number of hydrogen-bond donors (Lipinski definition) is 1. The number of nitrogens with one attached hydrogen (secondary N) is 1. The van der Waals surface area contributed by atoms with Gasteiger partial charge < -0.3 is 5.32 Å². The molecule has 6 heteroatoms. The number of rotatable bonds is 5. The summed E-state index contributed by atoms with van der Waals surface area (Å²) in [5.74, 6) is 1.08. The Kier molecular flexibility index (Phi) is 6.05. The van der Waals surface area contributed by atoms with Crippen molar-refractivity contribution in [2.45, 2.75) is 52.5 Å². The van der Waals surface area contributed by atoms with Gasteiger partial charge in [-0.25, -0.2) is 0 Å². The Hall–Kier alpha value is -0.170. The van der Waals surface area contributed by atoms with E-state index in [0.717, 1.165) is 32.2 Å². The van der Waals surface area contributed by atoms with Crippen LogP contribution in [-0.4, -0.2) is 55.8 Å². The summed E-state index contributed by atoms with van der Waals surface area (Å²) in [5.41, 5.74) is 0. The second-order valence-electron chi connectivity index (χ2n) is 6.70. The first kappa shape index (κ1) is 17.2.